The maximum atomic E-state index is 10.3. The number of carbonyl (C=O) groups is 1. The second-order valence-electron chi connectivity index (χ2n) is 3.04. The van der Waals surface area contributed by atoms with Crippen LogP contribution in [0, 0.1) is 0 Å². The lowest BCUT2D eigenvalue weighted by Crippen LogP contribution is -2.07. The minimum Gasteiger partial charge on any atom is -0.495 e. The Kier molecular flexibility index (Phi) is 4.71. The van der Waals surface area contributed by atoms with Crippen LogP contribution in [0.25, 0.3) is 0 Å². The molecule has 6 heteroatoms. The summed E-state index contributed by atoms with van der Waals surface area (Å²) in [6, 6.07) is 3.18. The van der Waals surface area contributed by atoms with E-state index in [1.807, 2.05) is 0 Å². The monoisotopic (exact) mass is 263 g/mol. The largest absolute Gasteiger partial charge is 0.495 e. The van der Waals surface area contributed by atoms with Crippen LogP contribution >= 0.6 is 23.2 Å². The molecule has 0 unspecified atom stereocenters. The van der Waals surface area contributed by atoms with Gasteiger partial charge in [-0.3, -0.25) is 4.79 Å². The first-order chi connectivity index (χ1) is 7.54. The summed E-state index contributed by atoms with van der Waals surface area (Å²) in [5, 5.41) is 12.2. The summed E-state index contributed by atoms with van der Waals surface area (Å²) in [6.45, 7) is 0.289. The minimum absolute atomic E-state index is 0.0139. The highest BCUT2D eigenvalue weighted by atomic mass is 35.5. The van der Waals surface area contributed by atoms with Crippen LogP contribution in [0.1, 0.15) is 6.42 Å². The predicted molar refractivity (Wildman–Crippen MR) is 63.8 cm³/mol. The molecule has 0 spiro atoms. The summed E-state index contributed by atoms with van der Waals surface area (Å²) in [5.74, 6) is -0.390. The number of benzene rings is 1. The Labute approximate surface area is 103 Å². The molecule has 4 nitrogen and oxygen atoms in total. The fourth-order valence-electron chi connectivity index (χ4n) is 1.12. The Morgan fingerprint density at radius 3 is 2.69 bits per heavy atom. The Balaban J connectivity index is 2.73. The molecule has 16 heavy (non-hydrogen) atoms. The molecule has 1 aromatic carbocycles. The molecule has 0 amide bonds. The molecule has 0 heterocycles. The quantitative estimate of drug-likeness (QED) is 0.858. The lowest BCUT2D eigenvalue weighted by Gasteiger charge is -2.10. The van der Waals surface area contributed by atoms with E-state index in [-0.39, 0.29) is 13.0 Å². The molecule has 1 aromatic rings. The molecule has 0 aromatic heterocycles. The van der Waals surface area contributed by atoms with Crippen LogP contribution in [-0.4, -0.2) is 24.7 Å². The van der Waals surface area contributed by atoms with Crippen molar-refractivity contribution in [2.45, 2.75) is 6.42 Å². The maximum Gasteiger partial charge on any atom is 0.305 e. The van der Waals surface area contributed by atoms with Crippen LogP contribution in [0.3, 0.4) is 0 Å². The molecule has 0 aliphatic heterocycles. The van der Waals surface area contributed by atoms with E-state index in [1.54, 1.807) is 12.1 Å². The van der Waals surface area contributed by atoms with Crippen LogP contribution in [0.5, 0.6) is 5.75 Å². The third-order valence-corrected chi connectivity index (χ3v) is 2.50. The zero-order valence-electron chi connectivity index (χ0n) is 8.59. The highest BCUT2D eigenvalue weighted by Crippen LogP contribution is 2.33. The number of methoxy groups -OCH3 is 1. The average Bonchev–Trinajstić information content (AvgIpc) is 2.22. The first-order valence-corrected chi connectivity index (χ1v) is 5.29. The Morgan fingerprint density at radius 2 is 2.12 bits per heavy atom. The zero-order chi connectivity index (χ0) is 12.1. The normalized spacial score (nSPS) is 9.94. The number of hydrogen-bond donors (Lipinski definition) is 2. The van der Waals surface area contributed by atoms with Crippen LogP contribution in [-0.2, 0) is 4.79 Å². The summed E-state index contributed by atoms with van der Waals surface area (Å²) in [4.78, 5) is 10.3. The molecule has 0 saturated heterocycles. The number of ether oxygens (including phenoxy) is 1. The summed E-state index contributed by atoms with van der Waals surface area (Å²) in [7, 11) is 1.50. The van der Waals surface area contributed by atoms with E-state index in [4.69, 9.17) is 33.0 Å². The van der Waals surface area contributed by atoms with E-state index in [1.165, 1.54) is 7.11 Å². The third-order valence-electron chi connectivity index (χ3n) is 1.90. The van der Waals surface area contributed by atoms with Gasteiger partial charge in [0.15, 0.2) is 0 Å². The molecular weight excluding hydrogens is 253 g/mol. The Morgan fingerprint density at radius 1 is 1.44 bits per heavy atom. The number of carboxylic acid groups (broad SMARTS) is 1. The standard InChI is InChI=1S/C10H11Cl2NO3/c1-16-9-5-6(11)8(4-7(9)12)13-3-2-10(14)15/h4-5,13H,2-3H2,1H3,(H,14,15). The number of nitrogens with one attached hydrogen (secondary N) is 1. The van der Waals surface area contributed by atoms with Gasteiger partial charge in [0.25, 0.3) is 0 Å². The first-order valence-electron chi connectivity index (χ1n) is 4.53. The molecule has 2 N–H and O–H groups in total. The van der Waals surface area contributed by atoms with Crippen molar-refractivity contribution < 1.29 is 14.6 Å². The fraction of sp³-hybridized carbons (Fsp3) is 0.300. The van der Waals surface area contributed by atoms with Crippen LogP contribution in [0.4, 0.5) is 5.69 Å². The van der Waals surface area contributed by atoms with E-state index in [0.717, 1.165) is 0 Å². The van der Waals surface area contributed by atoms with Crippen LogP contribution in [0.2, 0.25) is 10.0 Å². The van der Waals surface area contributed by atoms with Crippen molar-refractivity contribution in [3.8, 4) is 5.75 Å². The molecular formula is C10H11Cl2NO3. The minimum atomic E-state index is -0.872. The Bertz CT molecular complexity index is 396. The van der Waals surface area contributed by atoms with Crippen molar-refractivity contribution in [1.29, 1.82) is 0 Å². The topological polar surface area (TPSA) is 58.6 Å². The molecule has 1 rings (SSSR count). The average molecular weight is 264 g/mol. The van der Waals surface area contributed by atoms with Crippen molar-refractivity contribution >= 4 is 34.9 Å². The molecule has 0 fully saturated rings. The summed E-state index contributed by atoms with van der Waals surface area (Å²) in [5.41, 5.74) is 0.591. The lowest BCUT2D eigenvalue weighted by atomic mass is 10.3. The van der Waals surface area contributed by atoms with Crippen molar-refractivity contribution in [1.82, 2.24) is 0 Å². The van der Waals surface area contributed by atoms with Crippen LogP contribution in [0.15, 0.2) is 12.1 Å². The molecule has 0 bridgehead atoms. The van der Waals surface area contributed by atoms with E-state index in [0.29, 0.717) is 21.5 Å². The first kappa shape index (κ1) is 12.9. The van der Waals surface area contributed by atoms with Crippen molar-refractivity contribution in [2.75, 3.05) is 19.0 Å². The maximum absolute atomic E-state index is 10.3. The molecule has 88 valence electrons. The summed E-state index contributed by atoms with van der Waals surface area (Å²) >= 11 is 11.8. The van der Waals surface area contributed by atoms with Crippen molar-refractivity contribution in [3.63, 3.8) is 0 Å². The molecule has 0 atom stereocenters. The zero-order valence-corrected chi connectivity index (χ0v) is 10.1. The second-order valence-corrected chi connectivity index (χ2v) is 3.85. The molecule has 0 aliphatic carbocycles. The molecule has 0 radical (unpaired) electrons. The van der Waals surface area contributed by atoms with Gasteiger partial charge in [-0.1, -0.05) is 23.2 Å². The van der Waals surface area contributed by atoms with E-state index >= 15 is 0 Å². The van der Waals surface area contributed by atoms with Gasteiger partial charge in [0.1, 0.15) is 5.75 Å². The van der Waals surface area contributed by atoms with Crippen molar-refractivity contribution in [3.05, 3.63) is 22.2 Å². The van der Waals surface area contributed by atoms with E-state index in [9.17, 15) is 4.79 Å². The fourth-order valence-corrected chi connectivity index (χ4v) is 1.59. The van der Waals surface area contributed by atoms with Gasteiger partial charge in [-0.25, -0.2) is 0 Å². The third kappa shape index (κ3) is 3.47. The highest BCUT2D eigenvalue weighted by molar-refractivity contribution is 6.36. The van der Waals surface area contributed by atoms with Gasteiger partial charge in [0.2, 0.25) is 0 Å². The van der Waals surface area contributed by atoms with E-state index < -0.39 is 5.97 Å². The number of anilines is 1. The Hall–Kier alpha value is -1.13. The second kappa shape index (κ2) is 5.82. The van der Waals surface area contributed by atoms with Gasteiger partial charge in [-0.2, -0.15) is 0 Å². The summed E-state index contributed by atoms with van der Waals surface area (Å²) < 4.78 is 4.99. The van der Waals surface area contributed by atoms with Gasteiger partial charge >= 0.3 is 5.97 Å². The number of carboxylic acids is 1. The van der Waals surface area contributed by atoms with Crippen LogP contribution < -0.4 is 10.1 Å². The van der Waals surface area contributed by atoms with Gasteiger partial charge in [-0.05, 0) is 6.07 Å². The number of halogens is 2. The molecule has 0 aliphatic rings. The molecule has 0 saturated carbocycles. The predicted octanol–water partition coefficient (Wildman–Crippen LogP) is 2.89. The highest BCUT2D eigenvalue weighted by Gasteiger charge is 2.07. The number of aliphatic carboxylic acids is 1. The number of rotatable bonds is 5. The van der Waals surface area contributed by atoms with Crippen molar-refractivity contribution in [2.24, 2.45) is 0 Å². The van der Waals surface area contributed by atoms with Gasteiger partial charge in [0, 0.05) is 12.6 Å². The van der Waals surface area contributed by atoms with Gasteiger partial charge in [0.05, 0.1) is 29.3 Å². The van der Waals surface area contributed by atoms with Gasteiger partial charge < -0.3 is 15.2 Å². The SMILES string of the molecule is COc1cc(Cl)c(NCCC(=O)O)cc1Cl. The van der Waals surface area contributed by atoms with E-state index in [2.05, 4.69) is 5.32 Å². The van der Waals surface area contributed by atoms with Gasteiger partial charge in [-0.15, -0.1) is 0 Å². The number of hydrogen-bond acceptors (Lipinski definition) is 3. The lowest BCUT2D eigenvalue weighted by molar-refractivity contribution is -0.136. The summed E-state index contributed by atoms with van der Waals surface area (Å²) in [6.07, 6.45) is 0.0139. The smallest absolute Gasteiger partial charge is 0.305 e.